The van der Waals surface area contributed by atoms with Crippen molar-refractivity contribution in [3.05, 3.63) is 50.1 Å². The first-order valence-corrected chi connectivity index (χ1v) is 5.66. The van der Waals surface area contributed by atoms with E-state index in [0.717, 1.165) is 0 Å². The first kappa shape index (κ1) is 13.4. The molecular weight excluding hydrogens is 256 g/mol. The molecule has 1 N–H and O–H groups in total. The number of aliphatic hydroxyl groups is 1. The molecule has 1 aromatic rings. The molecule has 1 aromatic carbocycles. The number of nitro groups is 2. The van der Waals surface area contributed by atoms with Crippen molar-refractivity contribution in [1.82, 2.24) is 0 Å². The van der Waals surface area contributed by atoms with E-state index < -0.39 is 28.1 Å². The topological polar surface area (TPSA) is 116 Å². The van der Waals surface area contributed by atoms with Crippen LogP contribution in [-0.4, -0.2) is 33.9 Å². The van der Waals surface area contributed by atoms with E-state index in [9.17, 15) is 25.3 Å². The van der Waals surface area contributed by atoms with Gasteiger partial charge in [0.05, 0.1) is 10.8 Å². The number of benzene rings is 1. The van der Waals surface area contributed by atoms with Crippen molar-refractivity contribution >= 4 is 5.69 Å². The molecule has 0 amide bonds. The Morgan fingerprint density at radius 2 is 1.84 bits per heavy atom. The second-order valence-electron chi connectivity index (χ2n) is 4.33. The second-order valence-corrected chi connectivity index (χ2v) is 4.33. The lowest BCUT2D eigenvalue weighted by Gasteiger charge is -2.29. The third kappa shape index (κ3) is 2.85. The van der Waals surface area contributed by atoms with Crippen LogP contribution in [0.25, 0.3) is 0 Å². The number of hydrogen-bond acceptors (Lipinski definition) is 6. The quantitative estimate of drug-likeness (QED) is 0.647. The van der Waals surface area contributed by atoms with Crippen LogP contribution in [0.15, 0.2) is 24.3 Å². The summed E-state index contributed by atoms with van der Waals surface area (Å²) in [7, 11) is 0. The number of aliphatic hydroxyl groups excluding tert-OH is 1. The van der Waals surface area contributed by atoms with Gasteiger partial charge in [-0.3, -0.25) is 20.2 Å². The van der Waals surface area contributed by atoms with Gasteiger partial charge in [-0.1, -0.05) is 12.1 Å². The lowest BCUT2D eigenvalue weighted by Crippen LogP contribution is -2.40. The first-order valence-electron chi connectivity index (χ1n) is 5.66. The first-order chi connectivity index (χ1) is 8.99. The van der Waals surface area contributed by atoms with E-state index in [0.29, 0.717) is 5.56 Å². The molecule has 1 aliphatic rings. The summed E-state index contributed by atoms with van der Waals surface area (Å²) < 4.78 is 4.87. The molecule has 102 valence electrons. The summed E-state index contributed by atoms with van der Waals surface area (Å²) in [6, 6.07) is 4.61. The molecule has 8 nitrogen and oxygen atoms in total. The summed E-state index contributed by atoms with van der Waals surface area (Å²) in [4.78, 5) is 20.5. The Kier molecular flexibility index (Phi) is 3.72. The number of non-ortho nitro benzene ring substituents is 1. The Labute approximate surface area is 107 Å². The van der Waals surface area contributed by atoms with Gasteiger partial charge in [-0.05, 0) is 5.56 Å². The minimum Gasteiger partial charge on any atom is -0.368 e. The third-order valence-corrected chi connectivity index (χ3v) is 3.18. The maximum Gasteiger partial charge on any atom is 0.269 e. The monoisotopic (exact) mass is 268 g/mol. The molecule has 0 spiro atoms. The molecule has 1 saturated heterocycles. The fourth-order valence-corrected chi connectivity index (χ4v) is 2.18. The summed E-state index contributed by atoms with van der Waals surface area (Å²) in [5.41, 5.74) is 0.517. The van der Waals surface area contributed by atoms with Crippen molar-refractivity contribution in [2.75, 3.05) is 6.61 Å². The Hall–Kier alpha value is -2.06. The molecule has 0 aliphatic carbocycles. The zero-order chi connectivity index (χ0) is 14.0. The highest BCUT2D eigenvalue weighted by Gasteiger charge is 2.39. The smallest absolute Gasteiger partial charge is 0.269 e. The predicted molar refractivity (Wildman–Crippen MR) is 63.2 cm³/mol. The lowest BCUT2D eigenvalue weighted by molar-refractivity contribution is -0.538. The van der Waals surface area contributed by atoms with Gasteiger partial charge in [0.25, 0.3) is 5.69 Å². The number of hydrogen-bond donors (Lipinski definition) is 1. The molecule has 0 aromatic heterocycles. The number of rotatable bonds is 3. The van der Waals surface area contributed by atoms with Crippen LogP contribution in [0.2, 0.25) is 0 Å². The average Bonchev–Trinajstić information content (AvgIpc) is 2.38. The lowest BCUT2D eigenvalue weighted by atomic mass is 9.87. The second kappa shape index (κ2) is 5.29. The van der Waals surface area contributed by atoms with Gasteiger partial charge in [-0.2, -0.15) is 0 Å². The molecule has 3 atom stereocenters. The van der Waals surface area contributed by atoms with Crippen molar-refractivity contribution in [1.29, 1.82) is 0 Å². The fourth-order valence-electron chi connectivity index (χ4n) is 2.18. The van der Waals surface area contributed by atoms with Gasteiger partial charge in [0, 0.05) is 23.5 Å². The van der Waals surface area contributed by atoms with Crippen LogP contribution in [0.4, 0.5) is 5.69 Å². The highest BCUT2D eigenvalue weighted by molar-refractivity contribution is 5.35. The number of nitrogens with zero attached hydrogens (tertiary/aromatic N) is 2. The van der Waals surface area contributed by atoms with Crippen LogP contribution in [0, 0.1) is 20.2 Å². The van der Waals surface area contributed by atoms with Crippen molar-refractivity contribution in [2.24, 2.45) is 0 Å². The zero-order valence-corrected chi connectivity index (χ0v) is 9.84. The van der Waals surface area contributed by atoms with E-state index >= 15 is 0 Å². The van der Waals surface area contributed by atoms with Crippen LogP contribution in [0.1, 0.15) is 17.9 Å². The molecule has 1 aliphatic heterocycles. The largest absolute Gasteiger partial charge is 0.368 e. The van der Waals surface area contributed by atoms with E-state index in [-0.39, 0.29) is 18.7 Å². The molecule has 8 heteroatoms. The predicted octanol–water partition coefficient (Wildman–Crippen LogP) is 1.06. The SMILES string of the molecule is O=[N+]([O-])c1ccc([C@@H]2C[C@H](O)OC[C@H]2[N+](=O)[O-])cc1. The van der Waals surface area contributed by atoms with Gasteiger partial charge in [0.1, 0.15) is 6.61 Å². The van der Waals surface area contributed by atoms with E-state index in [1.165, 1.54) is 24.3 Å². The van der Waals surface area contributed by atoms with Gasteiger partial charge in [-0.15, -0.1) is 0 Å². The number of ether oxygens (including phenoxy) is 1. The van der Waals surface area contributed by atoms with Crippen LogP contribution in [0.3, 0.4) is 0 Å². The van der Waals surface area contributed by atoms with Gasteiger partial charge < -0.3 is 9.84 Å². The fraction of sp³-hybridized carbons (Fsp3) is 0.455. The summed E-state index contributed by atoms with van der Waals surface area (Å²) in [6.45, 7) is -0.171. The average molecular weight is 268 g/mol. The molecule has 19 heavy (non-hydrogen) atoms. The van der Waals surface area contributed by atoms with Gasteiger partial charge >= 0.3 is 0 Å². The van der Waals surface area contributed by atoms with E-state index in [4.69, 9.17) is 4.74 Å². The van der Waals surface area contributed by atoms with Gasteiger partial charge in [-0.25, -0.2) is 0 Å². The van der Waals surface area contributed by atoms with Crippen molar-refractivity contribution in [3.8, 4) is 0 Å². The summed E-state index contributed by atoms with van der Waals surface area (Å²) in [5.74, 6) is -0.514. The Morgan fingerprint density at radius 1 is 1.21 bits per heavy atom. The minimum atomic E-state index is -1.05. The Bertz CT molecular complexity index is 488. The van der Waals surface area contributed by atoms with Crippen LogP contribution < -0.4 is 0 Å². The zero-order valence-electron chi connectivity index (χ0n) is 9.84. The standard InChI is InChI=1S/C11H12N2O6/c14-11-5-9(10(6-19-11)13(17)18)7-1-3-8(4-2-7)12(15)16/h1-4,9-11,14H,5-6H2/t9-,10+,11+/m0/s1. The molecule has 1 heterocycles. The Balaban J connectivity index is 2.25. The summed E-state index contributed by atoms with van der Waals surface area (Å²) in [5, 5.41) is 30.9. The molecule has 0 saturated carbocycles. The van der Waals surface area contributed by atoms with E-state index in [1.54, 1.807) is 0 Å². The van der Waals surface area contributed by atoms with Crippen molar-refractivity contribution < 1.29 is 19.7 Å². The third-order valence-electron chi connectivity index (χ3n) is 3.18. The van der Waals surface area contributed by atoms with Crippen molar-refractivity contribution in [3.63, 3.8) is 0 Å². The molecule has 1 fully saturated rings. The highest BCUT2D eigenvalue weighted by Crippen LogP contribution is 2.32. The molecule has 2 rings (SSSR count). The van der Waals surface area contributed by atoms with Crippen LogP contribution in [-0.2, 0) is 4.74 Å². The molecule has 0 bridgehead atoms. The van der Waals surface area contributed by atoms with Gasteiger partial charge in [0.15, 0.2) is 6.29 Å². The van der Waals surface area contributed by atoms with Crippen LogP contribution >= 0.6 is 0 Å². The van der Waals surface area contributed by atoms with Crippen LogP contribution in [0.5, 0.6) is 0 Å². The summed E-state index contributed by atoms with van der Waals surface area (Å²) >= 11 is 0. The van der Waals surface area contributed by atoms with E-state index in [2.05, 4.69) is 0 Å². The van der Waals surface area contributed by atoms with Crippen molar-refractivity contribution in [2.45, 2.75) is 24.7 Å². The minimum absolute atomic E-state index is 0.0750. The maximum atomic E-state index is 11.0. The molecule has 0 radical (unpaired) electrons. The van der Waals surface area contributed by atoms with Gasteiger partial charge in [0.2, 0.25) is 6.04 Å². The molecular formula is C11H12N2O6. The summed E-state index contributed by atoms with van der Waals surface area (Å²) in [6.07, 6.45) is -0.944. The maximum absolute atomic E-state index is 11.0. The number of nitro benzene ring substituents is 1. The highest BCUT2D eigenvalue weighted by atomic mass is 16.6. The van der Waals surface area contributed by atoms with E-state index in [1.807, 2.05) is 0 Å². The Morgan fingerprint density at radius 3 is 2.37 bits per heavy atom. The molecule has 0 unspecified atom stereocenters. The normalized spacial score (nSPS) is 26.9.